The zero-order valence-electron chi connectivity index (χ0n) is 17.1. The summed E-state index contributed by atoms with van der Waals surface area (Å²) in [6.45, 7) is 5.26. The molecule has 7 nitrogen and oxygen atoms in total. The van der Waals surface area contributed by atoms with Crippen molar-refractivity contribution in [3.63, 3.8) is 0 Å². The lowest BCUT2D eigenvalue weighted by Crippen LogP contribution is -2.15. The number of nitrogens with zero attached hydrogens (tertiary/aromatic N) is 1. The summed E-state index contributed by atoms with van der Waals surface area (Å²) in [5, 5.41) is 30.7. The number of halogens is 1. The largest absolute Gasteiger partial charge is 0.503 e. The van der Waals surface area contributed by atoms with Gasteiger partial charge in [-0.3, -0.25) is 0 Å². The van der Waals surface area contributed by atoms with Gasteiger partial charge in [0.15, 0.2) is 11.5 Å². The predicted molar refractivity (Wildman–Crippen MR) is 109 cm³/mol. The van der Waals surface area contributed by atoms with Crippen LogP contribution in [0.2, 0.25) is 5.02 Å². The van der Waals surface area contributed by atoms with Crippen LogP contribution in [0.3, 0.4) is 0 Å². The van der Waals surface area contributed by atoms with E-state index in [0.29, 0.717) is 17.5 Å². The number of rotatable bonds is 4. The van der Waals surface area contributed by atoms with E-state index in [0.717, 1.165) is 0 Å². The molecule has 30 heavy (non-hydrogen) atoms. The summed E-state index contributed by atoms with van der Waals surface area (Å²) in [4.78, 5) is 12.8. The highest BCUT2D eigenvalue weighted by molar-refractivity contribution is 6.32. The monoisotopic (exact) mass is 431 g/mol. The molecule has 1 atom stereocenters. The second-order valence-electron chi connectivity index (χ2n) is 7.47. The van der Waals surface area contributed by atoms with E-state index in [1.54, 1.807) is 13.0 Å². The third-order valence-electron chi connectivity index (χ3n) is 4.98. The van der Waals surface area contributed by atoms with E-state index in [1.165, 1.54) is 13.2 Å². The molecule has 2 aromatic carbocycles. The first kappa shape index (κ1) is 21.8. The van der Waals surface area contributed by atoms with Gasteiger partial charge in [0, 0.05) is 5.56 Å². The number of carbonyl (C=O) groups is 1. The number of fused-ring (bicyclic) bond motifs is 2. The molecule has 2 N–H and O–H groups in total. The minimum absolute atomic E-state index is 0.0157. The molecule has 0 aromatic heterocycles. The fourth-order valence-electron chi connectivity index (χ4n) is 3.48. The van der Waals surface area contributed by atoms with Gasteiger partial charge in [0.1, 0.15) is 35.3 Å². The van der Waals surface area contributed by atoms with Gasteiger partial charge in [0.2, 0.25) is 0 Å². The molecule has 0 bridgehead atoms. The summed E-state index contributed by atoms with van der Waals surface area (Å²) in [6, 6.07) is 5.00. The van der Waals surface area contributed by atoms with E-state index in [4.69, 9.17) is 25.8 Å². The van der Waals surface area contributed by atoms with E-state index in [2.05, 4.69) is 0 Å². The zero-order chi connectivity index (χ0) is 22.2. The summed E-state index contributed by atoms with van der Waals surface area (Å²) < 4.78 is 16.7. The number of hydrogen-bond acceptors (Lipinski definition) is 7. The van der Waals surface area contributed by atoms with Crippen LogP contribution in [0, 0.1) is 24.2 Å². The number of methoxy groups -OCH3 is 1. The molecule has 0 unspecified atom stereocenters. The van der Waals surface area contributed by atoms with Crippen molar-refractivity contribution in [2.24, 2.45) is 5.92 Å². The summed E-state index contributed by atoms with van der Waals surface area (Å²) in [6.07, 6.45) is -0.388. The molecule has 0 radical (unpaired) electrons. The van der Waals surface area contributed by atoms with Crippen LogP contribution in [0.25, 0.3) is 0 Å². The maximum absolute atomic E-state index is 12.8. The van der Waals surface area contributed by atoms with Gasteiger partial charge in [0.25, 0.3) is 0 Å². The predicted octanol–water partition coefficient (Wildman–Crippen LogP) is 4.78. The Morgan fingerprint density at radius 1 is 1.37 bits per heavy atom. The molecule has 158 valence electrons. The number of phenolic OH excluding ortho intramolecular Hbond substituents is 1. The van der Waals surface area contributed by atoms with E-state index in [-0.39, 0.29) is 57.2 Å². The van der Waals surface area contributed by atoms with Crippen molar-refractivity contribution in [2.45, 2.75) is 39.9 Å². The maximum atomic E-state index is 12.8. The molecule has 0 saturated heterocycles. The number of aliphatic hydroxyl groups is 1. The number of nitriles is 1. The quantitative estimate of drug-likeness (QED) is 0.670. The molecule has 0 fully saturated rings. The van der Waals surface area contributed by atoms with Crippen molar-refractivity contribution in [3.8, 4) is 29.1 Å². The molecular weight excluding hydrogens is 410 g/mol. The second kappa shape index (κ2) is 8.42. The number of carbonyl (C=O) groups excluding carboxylic acids is 1. The van der Waals surface area contributed by atoms with E-state index in [1.807, 2.05) is 19.9 Å². The minimum Gasteiger partial charge on any atom is -0.503 e. The lowest BCUT2D eigenvalue weighted by Gasteiger charge is -2.24. The molecule has 1 aliphatic rings. The first-order valence-electron chi connectivity index (χ1n) is 9.39. The Balaban J connectivity index is 2.22. The molecule has 3 rings (SSSR count). The van der Waals surface area contributed by atoms with Crippen molar-refractivity contribution in [1.82, 2.24) is 0 Å². The topological polar surface area (TPSA) is 109 Å². The van der Waals surface area contributed by atoms with E-state index < -0.39 is 12.1 Å². The highest BCUT2D eigenvalue weighted by Gasteiger charge is 2.32. The number of aliphatic hydroxyl groups excluding tert-OH is 1. The van der Waals surface area contributed by atoms with Crippen molar-refractivity contribution >= 4 is 17.6 Å². The molecule has 8 heteroatoms. The smallest absolute Gasteiger partial charge is 0.346 e. The number of hydrogen-bond donors (Lipinski definition) is 2. The Morgan fingerprint density at radius 3 is 2.67 bits per heavy atom. The first-order valence-corrected chi connectivity index (χ1v) is 9.76. The molecule has 0 spiro atoms. The number of ether oxygens (including phenoxy) is 3. The average Bonchev–Trinajstić information content (AvgIpc) is 2.69. The van der Waals surface area contributed by atoms with Gasteiger partial charge in [-0.2, -0.15) is 5.26 Å². The van der Waals surface area contributed by atoms with Crippen LogP contribution in [0.1, 0.15) is 59.0 Å². The highest BCUT2D eigenvalue weighted by atomic mass is 35.5. The summed E-state index contributed by atoms with van der Waals surface area (Å²) in [5.74, 6) is -0.767. The van der Waals surface area contributed by atoms with Crippen molar-refractivity contribution in [3.05, 3.63) is 45.0 Å². The number of benzene rings is 2. The summed E-state index contributed by atoms with van der Waals surface area (Å²) in [7, 11) is 1.38. The molecule has 1 heterocycles. The van der Waals surface area contributed by atoms with Crippen LogP contribution >= 0.6 is 11.6 Å². The van der Waals surface area contributed by atoms with Gasteiger partial charge in [-0.15, -0.1) is 0 Å². The van der Waals surface area contributed by atoms with Crippen LogP contribution in [0.15, 0.2) is 12.1 Å². The molecule has 0 aliphatic carbocycles. The molecule has 0 amide bonds. The minimum atomic E-state index is -0.855. The van der Waals surface area contributed by atoms with Gasteiger partial charge in [-0.1, -0.05) is 25.4 Å². The highest BCUT2D eigenvalue weighted by Crippen LogP contribution is 2.47. The lowest BCUT2D eigenvalue weighted by atomic mass is 9.96. The number of phenols is 1. The fraction of sp³-hybridized carbons (Fsp3) is 0.364. The van der Waals surface area contributed by atoms with Gasteiger partial charge in [-0.25, -0.2) is 4.79 Å². The second-order valence-corrected chi connectivity index (χ2v) is 7.84. The van der Waals surface area contributed by atoms with Crippen molar-refractivity contribution < 1.29 is 29.2 Å². The van der Waals surface area contributed by atoms with Gasteiger partial charge in [0.05, 0.1) is 23.8 Å². The molecular formula is C22H22ClNO6. The number of cyclic esters (lactones) is 1. The Labute approximate surface area is 179 Å². The van der Waals surface area contributed by atoms with Crippen LogP contribution < -0.4 is 9.47 Å². The molecule has 2 aromatic rings. The molecule has 1 aliphatic heterocycles. The van der Waals surface area contributed by atoms with Gasteiger partial charge in [-0.05, 0) is 37.0 Å². The Hall–Kier alpha value is -2.95. The van der Waals surface area contributed by atoms with Crippen molar-refractivity contribution in [1.29, 1.82) is 5.26 Å². The van der Waals surface area contributed by atoms with E-state index >= 15 is 0 Å². The zero-order valence-corrected chi connectivity index (χ0v) is 17.8. The maximum Gasteiger partial charge on any atom is 0.346 e. The van der Waals surface area contributed by atoms with E-state index in [9.17, 15) is 20.3 Å². The SMILES string of the molecule is COc1c([C@@H](O)CC(C)C)ccc2c1C(=O)OCc1c(Cl)c(C)c(C#N)c(O)c1O2. The number of aromatic hydroxyl groups is 1. The van der Waals surface area contributed by atoms with Gasteiger partial charge < -0.3 is 24.4 Å². The van der Waals surface area contributed by atoms with Crippen LogP contribution in [-0.2, 0) is 11.3 Å². The number of esters is 1. The summed E-state index contributed by atoms with van der Waals surface area (Å²) >= 11 is 6.35. The summed E-state index contributed by atoms with van der Waals surface area (Å²) in [5.41, 5.74) is 1.00. The van der Waals surface area contributed by atoms with Crippen LogP contribution in [-0.4, -0.2) is 23.3 Å². The Morgan fingerprint density at radius 2 is 2.07 bits per heavy atom. The van der Waals surface area contributed by atoms with Crippen LogP contribution in [0.5, 0.6) is 23.0 Å². The first-order chi connectivity index (χ1) is 14.2. The Kier molecular flexibility index (Phi) is 6.11. The average molecular weight is 432 g/mol. The van der Waals surface area contributed by atoms with Gasteiger partial charge >= 0.3 is 5.97 Å². The molecule has 0 saturated carbocycles. The fourth-order valence-corrected chi connectivity index (χ4v) is 3.72. The third kappa shape index (κ3) is 3.64. The third-order valence-corrected chi connectivity index (χ3v) is 5.49. The van der Waals surface area contributed by atoms with Crippen LogP contribution in [0.4, 0.5) is 0 Å². The Bertz CT molecular complexity index is 1060. The standard InChI is InChI=1S/C22H22ClNO6/c1-10(2)7-15(25)12-5-6-16-17(20(12)28-4)22(27)29-9-14-18(23)11(3)13(8-24)19(26)21(14)30-16/h5-6,10,15,25-26H,7,9H2,1-4H3/t15-/m0/s1. The lowest BCUT2D eigenvalue weighted by molar-refractivity contribution is 0.0454. The normalized spacial score (nSPS) is 13.9. The van der Waals surface area contributed by atoms with Crippen molar-refractivity contribution in [2.75, 3.05) is 7.11 Å².